The molecule has 1 N–H and O–H groups in total. The highest BCUT2D eigenvalue weighted by molar-refractivity contribution is 5.96. The summed E-state index contributed by atoms with van der Waals surface area (Å²) < 4.78 is 7.60. The maximum absolute atomic E-state index is 12.4. The fourth-order valence-corrected chi connectivity index (χ4v) is 4.31. The van der Waals surface area contributed by atoms with E-state index in [0.717, 1.165) is 34.4 Å². The summed E-state index contributed by atoms with van der Waals surface area (Å²) >= 11 is 0. The van der Waals surface area contributed by atoms with Crippen molar-refractivity contribution in [1.29, 1.82) is 0 Å². The van der Waals surface area contributed by atoms with Crippen LogP contribution in [-0.4, -0.2) is 22.1 Å². The van der Waals surface area contributed by atoms with Crippen molar-refractivity contribution < 1.29 is 9.53 Å². The first-order chi connectivity index (χ1) is 15.2. The average Bonchev–Trinajstić information content (AvgIpc) is 3.33. The van der Waals surface area contributed by atoms with Gasteiger partial charge >= 0.3 is 5.97 Å². The Kier molecular flexibility index (Phi) is 5.04. The van der Waals surface area contributed by atoms with Gasteiger partial charge in [-0.15, -0.1) is 0 Å². The standard InChI is InChI=1S/C27H24N2O2/c1-2-31-26(30)17-22-21-13-7-8-14-23(21)28-27(22)25-16-20-12-6-9-15-24(20)29(25)18-19-10-4-3-5-11-19/h3-16,28H,2,17-18H2,1H3. The minimum atomic E-state index is -0.209. The van der Waals surface area contributed by atoms with Gasteiger partial charge < -0.3 is 14.3 Å². The molecule has 0 saturated carbocycles. The van der Waals surface area contributed by atoms with Gasteiger partial charge in [0, 0.05) is 28.4 Å². The second-order valence-corrected chi connectivity index (χ2v) is 7.67. The van der Waals surface area contributed by atoms with Gasteiger partial charge in [-0.05, 0) is 36.2 Å². The zero-order valence-electron chi connectivity index (χ0n) is 17.5. The lowest BCUT2D eigenvalue weighted by Crippen LogP contribution is -2.09. The summed E-state index contributed by atoms with van der Waals surface area (Å²) in [4.78, 5) is 16.0. The number of carbonyl (C=O) groups is 1. The summed E-state index contributed by atoms with van der Waals surface area (Å²) in [6, 6.07) is 29.2. The number of rotatable bonds is 6. The van der Waals surface area contributed by atoms with Crippen LogP contribution < -0.4 is 0 Å². The van der Waals surface area contributed by atoms with E-state index in [-0.39, 0.29) is 12.4 Å². The van der Waals surface area contributed by atoms with Crippen molar-refractivity contribution in [2.75, 3.05) is 6.61 Å². The smallest absolute Gasteiger partial charge is 0.310 e. The van der Waals surface area contributed by atoms with Crippen molar-refractivity contribution in [3.05, 3.63) is 96.1 Å². The molecular weight excluding hydrogens is 384 g/mol. The van der Waals surface area contributed by atoms with Crippen molar-refractivity contribution in [3.63, 3.8) is 0 Å². The predicted octanol–water partition coefficient (Wildman–Crippen LogP) is 5.94. The van der Waals surface area contributed by atoms with Crippen LogP contribution in [0.4, 0.5) is 0 Å². The zero-order chi connectivity index (χ0) is 21.2. The van der Waals surface area contributed by atoms with Crippen LogP contribution in [0.25, 0.3) is 33.2 Å². The average molecular weight is 409 g/mol. The zero-order valence-corrected chi connectivity index (χ0v) is 17.5. The molecule has 0 aliphatic carbocycles. The molecule has 0 bridgehead atoms. The topological polar surface area (TPSA) is 47.0 Å². The molecule has 0 aliphatic heterocycles. The Morgan fingerprint density at radius 1 is 0.935 bits per heavy atom. The van der Waals surface area contributed by atoms with E-state index in [4.69, 9.17) is 4.74 Å². The molecule has 4 nitrogen and oxygen atoms in total. The minimum absolute atomic E-state index is 0.209. The SMILES string of the molecule is CCOC(=O)Cc1c(-c2cc3ccccc3n2Cc2ccccc2)[nH]c2ccccc12. The van der Waals surface area contributed by atoms with Gasteiger partial charge in [0.1, 0.15) is 0 Å². The molecule has 0 spiro atoms. The molecule has 0 radical (unpaired) electrons. The van der Waals surface area contributed by atoms with E-state index in [2.05, 4.69) is 76.3 Å². The molecule has 0 aliphatic rings. The van der Waals surface area contributed by atoms with Crippen molar-refractivity contribution in [3.8, 4) is 11.4 Å². The Bertz CT molecular complexity index is 1360. The van der Waals surface area contributed by atoms with Crippen LogP contribution in [0.2, 0.25) is 0 Å². The largest absolute Gasteiger partial charge is 0.466 e. The van der Waals surface area contributed by atoms with Crippen molar-refractivity contribution in [2.45, 2.75) is 19.9 Å². The number of nitrogens with one attached hydrogen (secondary N) is 1. The van der Waals surface area contributed by atoms with E-state index in [0.29, 0.717) is 6.61 Å². The normalized spacial score (nSPS) is 11.3. The Hall–Kier alpha value is -3.79. The summed E-state index contributed by atoms with van der Waals surface area (Å²) in [6.07, 6.45) is 0.236. The van der Waals surface area contributed by atoms with Gasteiger partial charge in [-0.2, -0.15) is 0 Å². The highest BCUT2D eigenvalue weighted by atomic mass is 16.5. The highest BCUT2D eigenvalue weighted by Crippen LogP contribution is 2.35. The van der Waals surface area contributed by atoms with E-state index >= 15 is 0 Å². The molecule has 0 amide bonds. The van der Waals surface area contributed by atoms with E-state index in [1.54, 1.807) is 0 Å². The van der Waals surface area contributed by atoms with Crippen LogP contribution in [0.1, 0.15) is 18.1 Å². The lowest BCUT2D eigenvalue weighted by molar-refractivity contribution is -0.142. The maximum Gasteiger partial charge on any atom is 0.310 e. The first kappa shape index (κ1) is 19.2. The van der Waals surface area contributed by atoms with Crippen molar-refractivity contribution in [2.24, 2.45) is 0 Å². The molecule has 154 valence electrons. The molecule has 5 rings (SSSR count). The Balaban J connectivity index is 1.72. The monoisotopic (exact) mass is 408 g/mol. The van der Waals surface area contributed by atoms with Gasteiger partial charge in [-0.25, -0.2) is 0 Å². The number of hydrogen-bond donors (Lipinski definition) is 1. The van der Waals surface area contributed by atoms with E-state index in [9.17, 15) is 4.79 Å². The number of para-hydroxylation sites is 2. The molecular formula is C27H24N2O2. The molecule has 2 aromatic heterocycles. The molecule has 31 heavy (non-hydrogen) atoms. The van der Waals surface area contributed by atoms with Gasteiger partial charge in [-0.3, -0.25) is 4.79 Å². The number of ether oxygens (including phenoxy) is 1. The van der Waals surface area contributed by atoms with Gasteiger partial charge in [0.05, 0.1) is 24.4 Å². The van der Waals surface area contributed by atoms with Crippen LogP contribution in [0.15, 0.2) is 84.9 Å². The first-order valence-electron chi connectivity index (χ1n) is 10.6. The third-order valence-corrected chi connectivity index (χ3v) is 5.69. The predicted molar refractivity (Wildman–Crippen MR) is 125 cm³/mol. The Morgan fingerprint density at radius 3 is 2.52 bits per heavy atom. The number of nitrogens with zero attached hydrogens (tertiary/aromatic N) is 1. The second-order valence-electron chi connectivity index (χ2n) is 7.67. The number of aromatic amines is 1. The summed E-state index contributed by atoms with van der Waals surface area (Å²) in [5, 5.41) is 2.23. The van der Waals surface area contributed by atoms with Crippen LogP contribution >= 0.6 is 0 Å². The van der Waals surface area contributed by atoms with Crippen molar-refractivity contribution >= 4 is 27.8 Å². The molecule has 0 atom stereocenters. The number of carbonyl (C=O) groups excluding carboxylic acids is 1. The molecule has 5 aromatic rings. The quantitative estimate of drug-likeness (QED) is 0.353. The number of aromatic nitrogens is 2. The van der Waals surface area contributed by atoms with Gasteiger partial charge in [-0.1, -0.05) is 66.7 Å². The number of H-pyrrole nitrogens is 1. The van der Waals surface area contributed by atoms with E-state index in [1.165, 1.54) is 16.5 Å². The maximum atomic E-state index is 12.4. The highest BCUT2D eigenvalue weighted by Gasteiger charge is 2.20. The van der Waals surface area contributed by atoms with Gasteiger partial charge in [0.2, 0.25) is 0 Å². The van der Waals surface area contributed by atoms with Gasteiger partial charge in [0.15, 0.2) is 0 Å². The summed E-state index contributed by atoms with van der Waals surface area (Å²) in [7, 11) is 0. The van der Waals surface area contributed by atoms with E-state index < -0.39 is 0 Å². The summed E-state index contributed by atoms with van der Waals surface area (Å²) in [5.41, 5.74) is 6.44. The number of fused-ring (bicyclic) bond motifs is 2. The van der Waals surface area contributed by atoms with E-state index in [1.807, 2.05) is 25.1 Å². The first-order valence-corrected chi connectivity index (χ1v) is 10.6. The fourth-order valence-electron chi connectivity index (χ4n) is 4.31. The van der Waals surface area contributed by atoms with Crippen LogP contribution in [0.3, 0.4) is 0 Å². The fraction of sp³-hybridized carbons (Fsp3) is 0.148. The molecule has 4 heteroatoms. The Labute approximate surface area is 181 Å². The van der Waals surface area contributed by atoms with Crippen molar-refractivity contribution in [1.82, 2.24) is 9.55 Å². The lowest BCUT2D eigenvalue weighted by Gasteiger charge is -2.12. The Morgan fingerprint density at radius 2 is 1.68 bits per heavy atom. The minimum Gasteiger partial charge on any atom is -0.466 e. The number of benzene rings is 3. The summed E-state index contributed by atoms with van der Waals surface area (Å²) in [5.74, 6) is -0.209. The molecule has 2 heterocycles. The molecule has 0 fully saturated rings. The number of esters is 1. The van der Waals surface area contributed by atoms with Crippen LogP contribution in [0.5, 0.6) is 0 Å². The van der Waals surface area contributed by atoms with Crippen LogP contribution in [0, 0.1) is 0 Å². The molecule has 0 saturated heterocycles. The molecule has 3 aromatic carbocycles. The number of hydrogen-bond acceptors (Lipinski definition) is 2. The second kappa shape index (κ2) is 8.15. The van der Waals surface area contributed by atoms with Crippen LogP contribution in [-0.2, 0) is 22.5 Å². The summed E-state index contributed by atoms with van der Waals surface area (Å²) in [6.45, 7) is 2.97. The molecule has 0 unspecified atom stereocenters. The third kappa shape index (κ3) is 3.61. The third-order valence-electron chi connectivity index (χ3n) is 5.69. The van der Waals surface area contributed by atoms with Gasteiger partial charge in [0.25, 0.3) is 0 Å². The lowest BCUT2D eigenvalue weighted by atomic mass is 10.1.